The van der Waals surface area contributed by atoms with Gasteiger partial charge in [-0.05, 0) is 30.7 Å². The third-order valence-corrected chi connectivity index (χ3v) is 4.92. The van der Waals surface area contributed by atoms with E-state index in [4.69, 9.17) is 5.73 Å². The Labute approximate surface area is 158 Å². The summed E-state index contributed by atoms with van der Waals surface area (Å²) < 4.78 is 41.9. The van der Waals surface area contributed by atoms with Crippen LogP contribution in [0.4, 0.5) is 24.7 Å². The number of nitrogens with two attached hydrogens (primary N) is 1. The summed E-state index contributed by atoms with van der Waals surface area (Å²) in [4.78, 5) is 31.6. The number of aromatic amines is 1. The molecule has 0 saturated carbocycles. The van der Waals surface area contributed by atoms with Crippen LogP contribution in [0.2, 0.25) is 0 Å². The van der Waals surface area contributed by atoms with Crippen LogP contribution in [0, 0.1) is 5.82 Å². The lowest BCUT2D eigenvalue weighted by molar-refractivity contribution is -0.125. The van der Waals surface area contributed by atoms with E-state index in [-0.39, 0.29) is 30.2 Å². The highest BCUT2D eigenvalue weighted by Gasteiger charge is 2.46. The maximum Gasteiger partial charge on any atom is 0.271 e. The van der Waals surface area contributed by atoms with Crippen LogP contribution in [0.1, 0.15) is 24.8 Å². The second kappa shape index (κ2) is 7.63. The molecule has 7 nitrogen and oxygen atoms in total. The Kier molecular flexibility index (Phi) is 5.41. The van der Waals surface area contributed by atoms with Gasteiger partial charge < -0.3 is 16.0 Å². The van der Waals surface area contributed by atoms with Crippen LogP contribution >= 0.6 is 0 Å². The monoisotopic (exact) mass is 395 g/mol. The van der Waals surface area contributed by atoms with E-state index in [1.54, 1.807) is 11.8 Å². The highest BCUT2D eigenvalue weighted by Crippen LogP contribution is 2.40. The minimum Gasteiger partial charge on any atom is -0.394 e. The average Bonchev–Trinajstić information content (AvgIpc) is 2.65. The zero-order chi connectivity index (χ0) is 20.5. The van der Waals surface area contributed by atoms with E-state index in [1.807, 2.05) is 0 Å². The number of nitrogens with one attached hydrogen (secondary N) is 2. The lowest BCUT2D eigenvalue weighted by atomic mass is 9.87. The summed E-state index contributed by atoms with van der Waals surface area (Å²) in [5.41, 5.74) is 5.08. The molecule has 0 radical (unpaired) electrons. The molecule has 1 aliphatic heterocycles. The fraction of sp³-hybridized carbons (Fsp3) is 0.389. The number of aromatic nitrogens is 2. The molecule has 0 spiro atoms. The number of carbonyl (C=O) groups is 1. The van der Waals surface area contributed by atoms with Gasteiger partial charge in [-0.15, -0.1) is 0 Å². The molecule has 2 aromatic rings. The van der Waals surface area contributed by atoms with Crippen molar-refractivity contribution in [2.45, 2.75) is 31.2 Å². The maximum atomic E-state index is 14.5. The van der Waals surface area contributed by atoms with E-state index in [2.05, 4.69) is 15.3 Å². The smallest absolute Gasteiger partial charge is 0.271 e. The Balaban J connectivity index is 1.75. The van der Waals surface area contributed by atoms with Crippen LogP contribution in [0.3, 0.4) is 0 Å². The van der Waals surface area contributed by atoms with Gasteiger partial charge in [0.05, 0.1) is 23.8 Å². The number of anilines is 2. The van der Waals surface area contributed by atoms with Gasteiger partial charge in [-0.25, -0.2) is 18.2 Å². The summed E-state index contributed by atoms with van der Waals surface area (Å²) in [5.74, 6) is -5.03. The molecule has 10 heteroatoms. The zero-order valence-corrected chi connectivity index (χ0v) is 15.1. The Morgan fingerprint density at radius 3 is 2.86 bits per heavy atom. The molecule has 1 fully saturated rings. The van der Waals surface area contributed by atoms with Gasteiger partial charge in [-0.2, -0.15) is 0 Å². The van der Waals surface area contributed by atoms with Crippen LogP contribution in [0.15, 0.2) is 35.4 Å². The molecule has 0 aromatic carbocycles. The molecular weight excluding hydrogens is 375 g/mol. The highest BCUT2D eigenvalue weighted by atomic mass is 19.3. The molecule has 3 rings (SSSR count). The van der Waals surface area contributed by atoms with Crippen LogP contribution in [-0.4, -0.2) is 45.8 Å². The number of nitrogen functional groups attached to an aromatic ring is 1. The summed E-state index contributed by atoms with van der Waals surface area (Å²) in [5, 5.41) is 2.54. The maximum absolute atomic E-state index is 14.5. The first-order valence-electron chi connectivity index (χ1n) is 8.70. The van der Waals surface area contributed by atoms with Crippen molar-refractivity contribution in [3.63, 3.8) is 0 Å². The van der Waals surface area contributed by atoms with E-state index in [0.717, 1.165) is 12.3 Å². The number of rotatable bonds is 4. The van der Waals surface area contributed by atoms with Crippen molar-refractivity contribution < 1.29 is 18.0 Å². The minimum atomic E-state index is -3.00. The fourth-order valence-electron chi connectivity index (χ4n) is 3.19. The van der Waals surface area contributed by atoms with Gasteiger partial charge in [0.15, 0.2) is 0 Å². The van der Waals surface area contributed by atoms with Gasteiger partial charge in [0, 0.05) is 25.7 Å². The van der Waals surface area contributed by atoms with Crippen molar-refractivity contribution in [1.82, 2.24) is 14.9 Å². The van der Waals surface area contributed by atoms with Gasteiger partial charge in [0.2, 0.25) is 5.91 Å². The third kappa shape index (κ3) is 4.16. The molecule has 0 aliphatic carbocycles. The molecule has 3 heterocycles. The Bertz CT molecular complexity index is 916. The van der Waals surface area contributed by atoms with E-state index in [9.17, 15) is 22.8 Å². The van der Waals surface area contributed by atoms with Gasteiger partial charge in [0.25, 0.3) is 11.5 Å². The molecular formula is C18H20F3N5O2. The predicted octanol–water partition coefficient (Wildman–Crippen LogP) is 1.94. The average molecular weight is 395 g/mol. The highest BCUT2D eigenvalue weighted by molar-refractivity contribution is 5.93. The molecule has 1 saturated heterocycles. The van der Waals surface area contributed by atoms with Crippen molar-refractivity contribution in [3.8, 4) is 0 Å². The number of H-pyrrole nitrogens is 1. The van der Waals surface area contributed by atoms with Crippen molar-refractivity contribution in [1.29, 1.82) is 0 Å². The standard InChI is InChI=1S/C18H20F3N5O2/c1-10(16(27)25-15-3-2-12(19)8-23-15)26-5-4-18(20,21)13(9-26)11-6-14(22)17(28)24-7-11/h2-3,6-8,10,13H,4-5,9,22H2,1H3,(H,24,28)(H,23,25,27). The first kappa shape index (κ1) is 19.9. The van der Waals surface area contributed by atoms with E-state index >= 15 is 0 Å². The van der Waals surface area contributed by atoms with Gasteiger partial charge >= 0.3 is 0 Å². The zero-order valence-electron chi connectivity index (χ0n) is 15.1. The topological polar surface area (TPSA) is 104 Å². The molecule has 4 N–H and O–H groups in total. The quantitative estimate of drug-likeness (QED) is 0.734. The van der Waals surface area contributed by atoms with Gasteiger partial charge in [0.1, 0.15) is 11.6 Å². The summed E-state index contributed by atoms with van der Waals surface area (Å²) in [6.45, 7) is 1.53. The Morgan fingerprint density at radius 1 is 1.46 bits per heavy atom. The van der Waals surface area contributed by atoms with E-state index in [0.29, 0.717) is 0 Å². The minimum absolute atomic E-state index is 0.0216. The lowest BCUT2D eigenvalue weighted by Gasteiger charge is -2.40. The number of alkyl halides is 2. The number of carbonyl (C=O) groups excluding carboxylic acids is 1. The fourth-order valence-corrected chi connectivity index (χ4v) is 3.19. The normalized spacial score (nSPS) is 20.5. The van der Waals surface area contributed by atoms with Crippen LogP contribution < -0.4 is 16.6 Å². The first-order chi connectivity index (χ1) is 13.2. The number of hydrogen-bond donors (Lipinski definition) is 3. The summed E-state index contributed by atoms with van der Waals surface area (Å²) >= 11 is 0. The molecule has 1 aliphatic rings. The number of hydrogen-bond acceptors (Lipinski definition) is 5. The van der Waals surface area contributed by atoms with Crippen LogP contribution in [0.5, 0.6) is 0 Å². The molecule has 2 unspecified atom stereocenters. The molecule has 0 bridgehead atoms. The molecule has 2 atom stereocenters. The van der Waals surface area contributed by atoms with Gasteiger partial charge in [-0.3, -0.25) is 14.5 Å². The van der Waals surface area contributed by atoms with Crippen molar-refractivity contribution in [3.05, 3.63) is 52.3 Å². The van der Waals surface area contributed by atoms with Gasteiger partial charge in [-0.1, -0.05) is 0 Å². The summed E-state index contributed by atoms with van der Waals surface area (Å²) in [7, 11) is 0. The number of likely N-dealkylation sites (tertiary alicyclic amines) is 1. The summed E-state index contributed by atoms with van der Waals surface area (Å²) in [6.07, 6.45) is 1.76. The Hall–Kier alpha value is -2.88. The largest absolute Gasteiger partial charge is 0.394 e. The van der Waals surface area contributed by atoms with Crippen molar-refractivity contribution in [2.75, 3.05) is 24.1 Å². The summed E-state index contributed by atoms with van der Waals surface area (Å²) in [6, 6.07) is 3.00. The number of pyridine rings is 2. The van der Waals surface area contributed by atoms with Crippen molar-refractivity contribution in [2.24, 2.45) is 0 Å². The molecule has 1 amide bonds. The third-order valence-electron chi connectivity index (χ3n) is 4.92. The van der Waals surface area contributed by atoms with Crippen LogP contribution in [0.25, 0.3) is 0 Å². The van der Waals surface area contributed by atoms with Crippen molar-refractivity contribution >= 4 is 17.4 Å². The van der Waals surface area contributed by atoms with E-state index in [1.165, 1.54) is 18.3 Å². The van der Waals surface area contributed by atoms with Crippen LogP contribution in [-0.2, 0) is 4.79 Å². The molecule has 28 heavy (non-hydrogen) atoms. The lowest BCUT2D eigenvalue weighted by Crippen LogP contribution is -2.52. The second-order valence-electron chi connectivity index (χ2n) is 6.80. The van der Waals surface area contributed by atoms with E-state index < -0.39 is 41.6 Å². The number of nitrogens with zero attached hydrogens (tertiary/aromatic N) is 2. The predicted molar refractivity (Wildman–Crippen MR) is 97.6 cm³/mol. The second-order valence-corrected chi connectivity index (χ2v) is 6.80. The first-order valence-corrected chi connectivity index (χ1v) is 8.70. The SMILES string of the molecule is CC(C(=O)Nc1ccc(F)cn1)N1CCC(F)(F)C(c2c[nH]c(=O)c(N)c2)C1. The molecule has 150 valence electrons. The Morgan fingerprint density at radius 2 is 2.21 bits per heavy atom. The molecule has 2 aromatic heterocycles. The number of halogens is 3. The number of piperidine rings is 1. The number of amides is 1.